The van der Waals surface area contributed by atoms with Crippen LogP contribution in [0.25, 0.3) is 0 Å². The Labute approximate surface area is 193 Å². The molecule has 1 fully saturated rings. The number of hydrogen-bond acceptors (Lipinski definition) is 2. The molecule has 0 spiro atoms. The lowest BCUT2D eigenvalue weighted by Crippen LogP contribution is -2.11. The number of para-hydroxylation sites is 3. The molecule has 0 heterocycles. The van der Waals surface area contributed by atoms with E-state index >= 15 is 0 Å². The average Bonchev–Trinajstić information content (AvgIpc) is 2.84. The van der Waals surface area contributed by atoms with Gasteiger partial charge in [0.25, 0.3) is 0 Å². The fourth-order valence-corrected chi connectivity index (χ4v) is 4.86. The zero-order chi connectivity index (χ0) is 22.0. The van der Waals surface area contributed by atoms with E-state index in [0.29, 0.717) is 6.61 Å². The van der Waals surface area contributed by atoms with E-state index in [4.69, 9.17) is 9.47 Å². The van der Waals surface area contributed by atoms with Gasteiger partial charge in [-0.05, 0) is 60.9 Å². The highest BCUT2D eigenvalue weighted by molar-refractivity contribution is 5.39. The van der Waals surface area contributed by atoms with E-state index in [0.717, 1.165) is 41.1 Å². The summed E-state index contributed by atoms with van der Waals surface area (Å²) in [5.41, 5.74) is 2.36. The molecule has 0 aromatic heterocycles. The topological polar surface area (TPSA) is 18.5 Å². The lowest BCUT2D eigenvalue weighted by molar-refractivity contribution is 0.284. The van der Waals surface area contributed by atoms with Gasteiger partial charge in [-0.2, -0.15) is 0 Å². The Morgan fingerprint density at radius 2 is 1.41 bits per heavy atom. The molecule has 1 unspecified atom stereocenters. The highest BCUT2D eigenvalue weighted by Crippen LogP contribution is 2.32. The normalized spacial score (nSPS) is 15.3. The predicted molar refractivity (Wildman–Crippen MR) is 132 cm³/mol. The van der Waals surface area contributed by atoms with Gasteiger partial charge in [0.05, 0.1) is 0 Å². The minimum atomic E-state index is 0.498. The molecule has 32 heavy (non-hydrogen) atoms. The molecule has 0 radical (unpaired) electrons. The van der Waals surface area contributed by atoms with Gasteiger partial charge in [-0.25, -0.2) is 0 Å². The van der Waals surface area contributed by atoms with E-state index in [9.17, 15) is 0 Å². The Morgan fingerprint density at radius 3 is 2.19 bits per heavy atom. The second-order valence-electron chi connectivity index (χ2n) is 9.30. The lowest BCUT2D eigenvalue weighted by atomic mass is 9.82. The molecule has 3 aromatic rings. The van der Waals surface area contributed by atoms with E-state index in [1.165, 1.54) is 50.5 Å². The van der Waals surface area contributed by atoms with Crippen LogP contribution in [0.15, 0.2) is 78.9 Å². The van der Waals surface area contributed by atoms with Crippen molar-refractivity contribution in [2.75, 3.05) is 0 Å². The maximum absolute atomic E-state index is 6.30. The molecule has 1 atom stereocenters. The van der Waals surface area contributed by atoms with Crippen molar-refractivity contribution in [2.24, 2.45) is 11.8 Å². The second kappa shape index (κ2) is 11.8. The van der Waals surface area contributed by atoms with Crippen molar-refractivity contribution in [2.45, 2.75) is 64.9 Å². The van der Waals surface area contributed by atoms with Crippen LogP contribution in [0, 0.1) is 11.8 Å². The van der Waals surface area contributed by atoms with Gasteiger partial charge in [-0.15, -0.1) is 0 Å². The highest BCUT2D eigenvalue weighted by atomic mass is 16.5. The first-order valence-electron chi connectivity index (χ1n) is 12.3. The molecule has 2 heteroatoms. The molecular weight excluding hydrogens is 392 g/mol. The average molecular weight is 429 g/mol. The molecule has 2 nitrogen and oxygen atoms in total. The molecule has 0 amide bonds. The molecule has 1 aliphatic rings. The van der Waals surface area contributed by atoms with Crippen molar-refractivity contribution < 1.29 is 9.47 Å². The third-order valence-electron chi connectivity index (χ3n) is 6.67. The van der Waals surface area contributed by atoms with Gasteiger partial charge in [-0.1, -0.05) is 93.6 Å². The Hall–Kier alpha value is -2.74. The zero-order valence-electron chi connectivity index (χ0n) is 19.3. The predicted octanol–water partition coefficient (Wildman–Crippen LogP) is 8.60. The largest absolute Gasteiger partial charge is 0.488 e. The van der Waals surface area contributed by atoms with Crippen LogP contribution in [-0.2, 0) is 13.0 Å². The van der Waals surface area contributed by atoms with Crippen LogP contribution >= 0.6 is 0 Å². The van der Waals surface area contributed by atoms with Crippen molar-refractivity contribution in [3.63, 3.8) is 0 Å². The van der Waals surface area contributed by atoms with Gasteiger partial charge in [0.15, 0.2) is 0 Å². The smallest absolute Gasteiger partial charge is 0.134 e. The van der Waals surface area contributed by atoms with E-state index in [1.54, 1.807) is 0 Å². The quantitative estimate of drug-likeness (QED) is 0.322. The molecule has 3 aromatic carbocycles. The van der Waals surface area contributed by atoms with Gasteiger partial charge in [0.2, 0.25) is 0 Å². The van der Waals surface area contributed by atoms with E-state index in [2.05, 4.69) is 37.3 Å². The first-order valence-corrected chi connectivity index (χ1v) is 12.3. The van der Waals surface area contributed by atoms with Gasteiger partial charge in [-0.3, -0.25) is 0 Å². The first-order chi connectivity index (χ1) is 15.8. The minimum absolute atomic E-state index is 0.498. The van der Waals surface area contributed by atoms with Crippen molar-refractivity contribution in [1.29, 1.82) is 0 Å². The SMILES string of the molecule is CC(CCc1ccccc1OCc1ccccc1Oc1ccccc1)CC1CCCCC1. The minimum Gasteiger partial charge on any atom is -0.488 e. The van der Waals surface area contributed by atoms with Gasteiger partial charge < -0.3 is 9.47 Å². The summed E-state index contributed by atoms with van der Waals surface area (Å²) < 4.78 is 12.4. The van der Waals surface area contributed by atoms with Crippen LogP contribution < -0.4 is 9.47 Å². The fraction of sp³-hybridized carbons (Fsp3) is 0.400. The number of hydrogen-bond donors (Lipinski definition) is 0. The van der Waals surface area contributed by atoms with Crippen molar-refractivity contribution >= 4 is 0 Å². The summed E-state index contributed by atoms with van der Waals surface area (Å²) in [5.74, 6) is 4.40. The summed E-state index contributed by atoms with van der Waals surface area (Å²) in [7, 11) is 0. The Kier molecular flexibility index (Phi) is 8.25. The summed E-state index contributed by atoms with van der Waals surface area (Å²) >= 11 is 0. The number of benzene rings is 3. The summed E-state index contributed by atoms with van der Waals surface area (Å²) in [6.45, 7) is 2.92. The molecule has 0 saturated heterocycles. The summed E-state index contributed by atoms with van der Waals surface area (Å²) in [6, 6.07) is 26.5. The maximum Gasteiger partial charge on any atom is 0.134 e. The maximum atomic E-state index is 6.30. The first kappa shape index (κ1) is 22.5. The Balaban J connectivity index is 1.34. The van der Waals surface area contributed by atoms with Crippen LogP contribution in [0.4, 0.5) is 0 Å². The van der Waals surface area contributed by atoms with Gasteiger partial charge in [0.1, 0.15) is 23.9 Å². The van der Waals surface area contributed by atoms with E-state index in [1.807, 2.05) is 48.5 Å². The van der Waals surface area contributed by atoms with Gasteiger partial charge in [0, 0.05) is 5.56 Å². The van der Waals surface area contributed by atoms with E-state index in [-0.39, 0.29) is 0 Å². The molecule has 0 aliphatic heterocycles. The Morgan fingerprint density at radius 1 is 0.750 bits per heavy atom. The number of ether oxygens (including phenoxy) is 2. The molecule has 1 aliphatic carbocycles. The van der Waals surface area contributed by atoms with Gasteiger partial charge >= 0.3 is 0 Å². The zero-order valence-corrected chi connectivity index (χ0v) is 19.3. The van der Waals surface area contributed by atoms with Crippen molar-refractivity contribution in [3.05, 3.63) is 90.0 Å². The van der Waals surface area contributed by atoms with Crippen LogP contribution in [0.1, 0.15) is 63.0 Å². The van der Waals surface area contributed by atoms with Crippen molar-refractivity contribution in [1.82, 2.24) is 0 Å². The van der Waals surface area contributed by atoms with Crippen LogP contribution in [0.2, 0.25) is 0 Å². The molecule has 0 N–H and O–H groups in total. The molecule has 1 saturated carbocycles. The van der Waals surface area contributed by atoms with Crippen molar-refractivity contribution in [3.8, 4) is 17.2 Å². The van der Waals surface area contributed by atoms with Crippen LogP contribution in [-0.4, -0.2) is 0 Å². The standard InChI is InChI=1S/C30H36O2/c1-24(22-25-12-4-2-5-13-25)20-21-26-14-8-10-18-29(26)31-23-27-15-9-11-19-30(27)32-28-16-6-3-7-17-28/h3,6-11,14-19,24-25H,2,4-5,12-13,20-23H2,1H3. The summed E-state index contributed by atoms with van der Waals surface area (Å²) in [4.78, 5) is 0. The molecular formula is C30H36O2. The summed E-state index contributed by atoms with van der Waals surface area (Å²) in [6.07, 6.45) is 10.9. The monoisotopic (exact) mass is 428 g/mol. The van der Waals surface area contributed by atoms with Crippen LogP contribution in [0.3, 0.4) is 0 Å². The number of rotatable bonds is 10. The third kappa shape index (κ3) is 6.63. The molecule has 4 rings (SSSR count). The van der Waals surface area contributed by atoms with Crippen LogP contribution in [0.5, 0.6) is 17.2 Å². The number of aryl methyl sites for hydroxylation is 1. The summed E-state index contributed by atoms with van der Waals surface area (Å²) in [5, 5.41) is 0. The van der Waals surface area contributed by atoms with E-state index < -0.39 is 0 Å². The molecule has 0 bridgehead atoms. The Bertz CT molecular complexity index is 944. The lowest BCUT2D eigenvalue weighted by Gasteiger charge is -2.24. The highest BCUT2D eigenvalue weighted by Gasteiger charge is 2.17. The third-order valence-corrected chi connectivity index (χ3v) is 6.67. The fourth-order valence-electron chi connectivity index (χ4n) is 4.86. The molecule has 168 valence electrons. The second-order valence-corrected chi connectivity index (χ2v) is 9.30.